The number of esters is 1. The van der Waals surface area contributed by atoms with Crippen LogP contribution in [-0.4, -0.2) is 17.7 Å². The van der Waals surface area contributed by atoms with Gasteiger partial charge in [0.15, 0.2) is 5.12 Å². The number of thioether (sulfide) groups is 1. The van der Waals surface area contributed by atoms with E-state index in [2.05, 4.69) is 0 Å². The molecule has 4 heteroatoms. The summed E-state index contributed by atoms with van der Waals surface area (Å²) in [6.45, 7) is 2.07. The number of ether oxygens (including phenoxy) is 1. The van der Waals surface area contributed by atoms with Gasteiger partial charge in [-0.15, -0.1) is 0 Å². The van der Waals surface area contributed by atoms with Crippen molar-refractivity contribution in [3.8, 4) is 0 Å². The van der Waals surface area contributed by atoms with Gasteiger partial charge in [-0.2, -0.15) is 0 Å². The summed E-state index contributed by atoms with van der Waals surface area (Å²) in [5.74, 6) is -0.395. The molecule has 2 aromatic carbocycles. The molecule has 0 radical (unpaired) electrons. The van der Waals surface area contributed by atoms with E-state index < -0.39 is 5.97 Å². The summed E-state index contributed by atoms with van der Waals surface area (Å²) in [6.07, 6.45) is 0.336. The molecule has 0 aliphatic heterocycles. The third kappa shape index (κ3) is 4.46. The zero-order chi connectivity index (χ0) is 15.1. The molecule has 0 aliphatic carbocycles. The number of hydrogen-bond donors (Lipinski definition) is 0. The molecule has 0 heterocycles. The van der Waals surface area contributed by atoms with Crippen molar-refractivity contribution in [3.63, 3.8) is 0 Å². The average Bonchev–Trinajstić information content (AvgIpc) is 2.49. The van der Waals surface area contributed by atoms with Crippen LogP contribution in [0, 0.1) is 0 Å². The summed E-state index contributed by atoms with van der Waals surface area (Å²) in [6, 6.07) is 16.6. The molecule has 0 amide bonds. The molecule has 0 aromatic heterocycles. The van der Waals surface area contributed by atoms with E-state index in [9.17, 15) is 9.59 Å². The maximum Gasteiger partial charge on any atom is 0.339 e. The Balaban J connectivity index is 2.09. The van der Waals surface area contributed by atoms with Gasteiger partial charge >= 0.3 is 5.97 Å². The van der Waals surface area contributed by atoms with Gasteiger partial charge in [-0.1, -0.05) is 54.2 Å². The van der Waals surface area contributed by atoms with Gasteiger partial charge in [0.1, 0.15) is 0 Å². The van der Waals surface area contributed by atoms with E-state index in [0.717, 1.165) is 17.3 Å². The van der Waals surface area contributed by atoms with Crippen LogP contribution in [-0.2, 0) is 16.0 Å². The first-order valence-electron chi connectivity index (χ1n) is 6.71. The summed E-state index contributed by atoms with van der Waals surface area (Å²) in [4.78, 5) is 24.6. The molecule has 3 nitrogen and oxygen atoms in total. The number of rotatable bonds is 5. The molecule has 0 atom stereocenters. The third-order valence-corrected chi connectivity index (χ3v) is 3.75. The fourth-order valence-corrected chi connectivity index (χ4v) is 2.75. The second kappa shape index (κ2) is 7.64. The molecular formula is C17H16O3S. The Morgan fingerprint density at radius 2 is 1.67 bits per heavy atom. The van der Waals surface area contributed by atoms with Crippen LogP contribution in [0.15, 0.2) is 59.5 Å². The average molecular weight is 300 g/mol. The standard InChI is InChI=1S/C17H16O3S/c1-2-20-17(19)14-10-6-7-11-15(14)21-16(18)12-13-8-4-3-5-9-13/h3-11H,2,12H2,1H3. The molecule has 0 N–H and O–H groups in total. The van der Waals surface area contributed by atoms with Crippen molar-refractivity contribution >= 4 is 22.8 Å². The molecular weight excluding hydrogens is 284 g/mol. The van der Waals surface area contributed by atoms with Gasteiger partial charge in [0.25, 0.3) is 0 Å². The molecule has 0 saturated carbocycles. The highest BCUT2D eigenvalue weighted by atomic mass is 32.2. The van der Waals surface area contributed by atoms with E-state index in [-0.39, 0.29) is 5.12 Å². The smallest absolute Gasteiger partial charge is 0.339 e. The van der Waals surface area contributed by atoms with Gasteiger partial charge in [0.2, 0.25) is 0 Å². The Kier molecular flexibility index (Phi) is 5.58. The second-order valence-electron chi connectivity index (χ2n) is 4.35. The van der Waals surface area contributed by atoms with Crippen molar-refractivity contribution in [3.05, 3.63) is 65.7 Å². The van der Waals surface area contributed by atoms with Crippen molar-refractivity contribution in [2.45, 2.75) is 18.2 Å². The summed E-state index contributed by atoms with van der Waals surface area (Å²) < 4.78 is 5.00. The molecule has 2 rings (SSSR count). The molecule has 0 unspecified atom stereocenters. The van der Waals surface area contributed by atoms with Crippen LogP contribution in [0.2, 0.25) is 0 Å². The van der Waals surface area contributed by atoms with E-state index in [1.165, 1.54) is 0 Å². The van der Waals surface area contributed by atoms with Crippen molar-refractivity contribution < 1.29 is 14.3 Å². The van der Waals surface area contributed by atoms with Crippen LogP contribution in [0.1, 0.15) is 22.8 Å². The summed E-state index contributed by atoms with van der Waals surface area (Å²) in [7, 11) is 0. The number of hydrogen-bond acceptors (Lipinski definition) is 4. The van der Waals surface area contributed by atoms with Crippen molar-refractivity contribution in [1.82, 2.24) is 0 Å². The predicted octanol–water partition coefficient (Wildman–Crippen LogP) is 3.72. The molecule has 108 valence electrons. The van der Waals surface area contributed by atoms with Gasteiger partial charge in [-0.25, -0.2) is 4.79 Å². The van der Waals surface area contributed by atoms with E-state index >= 15 is 0 Å². The highest BCUT2D eigenvalue weighted by Crippen LogP contribution is 2.25. The van der Waals surface area contributed by atoms with Crippen molar-refractivity contribution in [1.29, 1.82) is 0 Å². The Bertz CT molecular complexity index is 623. The van der Waals surface area contributed by atoms with E-state index in [0.29, 0.717) is 23.5 Å². The zero-order valence-electron chi connectivity index (χ0n) is 11.7. The number of carbonyl (C=O) groups is 2. The van der Waals surface area contributed by atoms with Crippen LogP contribution in [0.3, 0.4) is 0 Å². The van der Waals surface area contributed by atoms with Crippen LogP contribution < -0.4 is 0 Å². The normalized spacial score (nSPS) is 10.1. The Morgan fingerprint density at radius 3 is 2.38 bits per heavy atom. The number of benzene rings is 2. The molecule has 21 heavy (non-hydrogen) atoms. The Hall–Kier alpha value is -2.07. The maximum atomic E-state index is 12.1. The lowest BCUT2D eigenvalue weighted by atomic mass is 10.2. The maximum absolute atomic E-state index is 12.1. The van der Waals surface area contributed by atoms with Gasteiger partial charge in [0, 0.05) is 11.3 Å². The lowest BCUT2D eigenvalue weighted by Crippen LogP contribution is -2.07. The molecule has 0 bridgehead atoms. The third-order valence-electron chi connectivity index (χ3n) is 2.80. The largest absolute Gasteiger partial charge is 0.462 e. The summed E-state index contributed by atoms with van der Waals surface area (Å²) in [5.41, 5.74) is 1.40. The molecule has 0 spiro atoms. The highest BCUT2D eigenvalue weighted by Gasteiger charge is 2.15. The van der Waals surface area contributed by atoms with Crippen LogP contribution >= 0.6 is 11.8 Å². The molecule has 0 saturated heterocycles. The minimum Gasteiger partial charge on any atom is -0.462 e. The van der Waals surface area contributed by atoms with E-state index in [1.807, 2.05) is 30.3 Å². The molecule has 2 aromatic rings. The van der Waals surface area contributed by atoms with Gasteiger partial charge in [-0.3, -0.25) is 4.79 Å². The fraction of sp³-hybridized carbons (Fsp3) is 0.176. The van der Waals surface area contributed by atoms with Gasteiger partial charge in [0.05, 0.1) is 12.2 Å². The van der Waals surface area contributed by atoms with Crippen LogP contribution in [0.25, 0.3) is 0 Å². The summed E-state index contributed by atoms with van der Waals surface area (Å²) in [5, 5.41) is -0.00190. The molecule has 0 aliphatic rings. The quantitative estimate of drug-likeness (QED) is 0.623. The van der Waals surface area contributed by atoms with Crippen LogP contribution in [0.5, 0.6) is 0 Å². The first-order chi connectivity index (χ1) is 10.2. The lowest BCUT2D eigenvalue weighted by molar-refractivity contribution is -0.110. The first-order valence-corrected chi connectivity index (χ1v) is 7.53. The predicted molar refractivity (Wildman–Crippen MR) is 83.4 cm³/mol. The summed E-state index contributed by atoms with van der Waals surface area (Å²) >= 11 is 1.08. The Labute approximate surface area is 128 Å². The Morgan fingerprint density at radius 1 is 1.00 bits per heavy atom. The first kappa shape index (κ1) is 15.3. The fourth-order valence-electron chi connectivity index (χ4n) is 1.85. The van der Waals surface area contributed by atoms with Crippen molar-refractivity contribution in [2.24, 2.45) is 0 Å². The van der Waals surface area contributed by atoms with Crippen LogP contribution in [0.4, 0.5) is 0 Å². The minimum absolute atomic E-state index is 0.00190. The highest BCUT2D eigenvalue weighted by molar-refractivity contribution is 8.13. The van der Waals surface area contributed by atoms with E-state index in [1.54, 1.807) is 31.2 Å². The topological polar surface area (TPSA) is 43.4 Å². The monoisotopic (exact) mass is 300 g/mol. The zero-order valence-corrected chi connectivity index (χ0v) is 12.6. The molecule has 0 fully saturated rings. The van der Waals surface area contributed by atoms with Gasteiger partial charge < -0.3 is 4.74 Å². The number of carbonyl (C=O) groups excluding carboxylic acids is 2. The van der Waals surface area contributed by atoms with Gasteiger partial charge in [-0.05, 0) is 24.6 Å². The van der Waals surface area contributed by atoms with Crippen molar-refractivity contribution in [2.75, 3.05) is 6.61 Å². The lowest BCUT2D eigenvalue weighted by Gasteiger charge is -2.07. The minimum atomic E-state index is -0.395. The SMILES string of the molecule is CCOC(=O)c1ccccc1SC(=O)Cc1ccccc1. The van der Waals surface area contributed by atoms with E-state index in [4.69, 9.17) is 4.74 Å². The second-order valence-corrected chi connectivity index (χ2v) is 5.45.